The van der Waals surface area contributed by atoms with Gasteiger partial charge in [-0.25, -0.2) is 0 Å². The molecule has 4 saturated carbocycles. The molecular formula is C59H78O4. The summed E-state index contributed by atoms with van der Waals surface area (Å²) in [4.78, 5) is 0. The van der Waals surface area contributed by atoms with E-state index < -0.39 is 29.2 Å². The predicted molar refractivity (Wildman–Crippen MR) is 257 cm³/mol. The van der Waals surface area contributed by atoms with E-state index in [0.29, 0.717) is 23.7 Å². The monoisotopic (exact) mass is 851 g/mol. The van der Waals surface area contributed by atoms with Gasteiger partial charge in [0.05, 0.1) is 0 Å². The van der Waals surface area contributed by atoms with E-state index in [1.807, 2.05) is 13.8 Å². The quantitative estimate of drug-likeness (QED) is 0.167. The highest BCUT2D eigenvalue weighted by Gasteiger charge is 2.61. The van der Waals surface area contributed by atoms with Crippen LogP contribution >= 0.6 is 0 Å². The van der Waals surface area contributed by atoms with E-state index >= 15 is 0 Å². The van der Waals surface area contributed by atoms with E-state index in [4.69, 9.17) is 9.47 Å². The molecule has 1 heterocycles. The van der Waals surface area contributed by atoms with Gasteiger partial charge < -0.3 is 19.7 Å². The second kappa shape index (κ2) is 18.5. The van der Waals surface area contributed by atoms with Gasteiger partial charge in [-0.15, -0.1) is 0 Å². The standard InChI is InChI=1S/C59H78O4/c1-39-16-24-43(25-17-39)44-32-34-51(35-33-44)58(6)62-55(57(5,60)52-13-7-10-48(36-52)45-26-18-40(2)19-27-45)56(63-58)59(61,53-14-8-11-49(37-53)46-28-20-41(3)21-29-46)54-15-9-12-50(38-54)47-30-22-42(4)23-31-47/h7-15,32-43,45-47,55-56,60-61H,16-31H2,1-6H3/t39?,40?,41?,42?,43?,45?,46?,47?,55?,56-,57?,58?,59?/m1/s1. The van der Waals surface area contributed by atoms with Gasteiger partial charge in [-0.3, -0.25) is 0 Å². The summed E-state index contributed by atoms with van der Waals surface area (Å²) in [6.07, 6.45) is 17.4. The van der Waals surface area contributed by atoms with Crippen LogP contribution in [0.2, 0.25) is 0 Å². The molecule has 4 aliphatic carbocycles. The molecule has 5 aliphatic rings. The van der Waals surface area contributed by atoms with Gasteiger partial charge in [0.15, 0.2) is 5.79 Å². The number of hydrogen-bond acceptors (Lipinski definition) is 4. The highest BCUT2D eigenvalue weighted by atomic mass is 16.8. The van der Waals surface area contributed by atoms with Crippen molar-refractivity contribution in [3.8, 4) is 0 Å². The largest absolute Gasteiger partial charge is 0.383 e. The minimum Gasteiger partial charge on any atom is -0.383 e. The Balaban J connectivity index is 1.16. The molecule has 0 spiro atoms. The molecule has 4 aromatic carbocycles. The minimum absolute atomic E-state index is 0.447. The zero-order valence-electron chi connectivity index (χ0n) is 39.5. The summed E-state index contributed by atoms with van der Waals surface area (Å²) in [5.74, 6) is 3.74. The smallest absolute Gasteiger partial charge is 0.193 e. The van der Waals surface area contributed by atoms with Gasteiger partial charge >= 0.3 is 0 Å². The van der Waals surface area contributed by atoms with Crippen LogP contribution in [0, 0.1) is 23.7 Å². The molecule has 4 aromatic rings. The average molecular weight is 851 g/mol. The topological polar surface area (TPSA) is 58.9 Å². The Labute approximate surface area is 380 Å². The van der Waals surface area contributed by atoms with Crippen molar-refractivity contribution in [1.82, 2.24) is 0 Å². The molecule has 0 bridgehead atoms. The first-order valence-electron chi connectivity index (χ1n) is 25.5. The second-order valence-electron chi connectivity index (χ2n) is 22.3. The molecule has 1 saturated heterocycles. The maximum Gasteiger partial charge on any atom is 0.193 e. The van der Waals surface area contributed by atoms with Crippen molar-refractivity contribution in [2.75, 3.05) is 0 Å². The maximum atomic E-state index is 14.2. The first-order chi connectivity index (χ1) is 30.3. The Hall–Kier alpha value is -3.28. The Kier molecular flexibility index (Phi) is 13.2. The number of rotatable bonds is 10. The Morgan fingerprint density at radius 2 is 0.762 bits per heavy atom. The molecule has 63 heavy (non-hydrogen) atoms. The molecule has 9 rings (SSSR count). The van der Waals surface area contributed by atoms with Gasteiger partial charge in [0.1, 0.15) is 23.4 Å². The lowest BCUT2D eigenvalue weighted by Gasteiger charge is -2.41. The van der Waals surface area contributed by atoms with Gasteiger partial charge in [-0.2, -0.15) is 0 Å². The van der Waals surface area contributed by atoms with Gasteiger partial charge in [-0.1, -0.05) is 176 Å². The third-order valence-corrected chi connectivity index (χ3v) is 17.5. The summed E-state index contributed by atoms with van der Waals surface area (Å²) >= 11 is 0. The van der Waals surface area contributed by atoms with Crippen LogP contribution in [-0.4, -0.2) is 22.4 Å². The van der Waals surface area contributed by atoms with E-state index in [-0.39, 0.29) is 0 Å². The van der Waals surface area contributed by atoms with Crippen molar-refractivity contribution in [3.05, 3.63) is 142 Å². The van der Waals surface area contributed by atoms with Gasteiger partial charge in [-0.05, 0) is 152 Å². The fourth-order valence-electron chi connectivity index (χ4n) is 12.7. The number of ether oxygens (including phenoxy) is 2. The van der Waals surface area contributed by atoms with Crippen LogP contribution in [0.1, 0.15) is 212 Å². The van der Waals surface area contributed by atoms with Crippen molar-refractivity contribution >= 4 is 0 Å². The van der Waals surface area contributed by atoms with Crippen LogP contribution in [0.5, 0.6) is 0 Å². The van der Waals surface area contributed by atoms with E-state index in [1.54, 1.807) is 0 Å². The molecule has 4 atom stereocenters. The molecule has 2 N–H and O–H groups in total. The lowest BCUT2D eigenvalue weighted by atomic mass is 9.72. The van der Waals surface area contributed by atoms with E-state index in [9.17, 15) is 10.2 Å². The summed E-state index contributed by atoms with van der Waals surface area (Å²) in [5.41, 5.74) is 5.37. The summed E-state index contributed by atoms with van der Waals surface area (Å²) in [5, 5.41) is 27.6. The summed E-state index contributed by atoms with van der Waals surface area (Å²) < 4.78 is 14.8. The summed E-state index contributed by atoms with van der Waals surface area (Å²) in [6, 6.07) is 35.1. The molecule has 4 heteroatoms. The van der Waals surface area contributed by atoms with Gasteiger partial charge in [0, 0.05) is 5.56 Å². The highest BCUT2D eigenvalue weighted by molar-refractivity contribution is 5.45. The Bertz CT molecular complexity index is 2060. The first-order valence-corrected chi connectivity index (χ1v) is 25.5. The van der Waals surface area contributed by atoms with Crippen LogP contribution in [0.3, 0.4) is 0 Å². The fraction of sp³-hybridized carbons (Fsp3) is 0.593. The zero-order valence-corrected chi connectivity index (χ0v) is 39.5. The Morgan fingerprint density at radius 1 is 0.429 bits per heavy atom. The lowest BCUT2D eigenvalue weighted by Crippen LogP contribution is -2.53. The van der Waals surface area contributed by atoms with Crippen LogP contribution < -0.4 is 0 Å². The zero-order chi connectivity index (χ0) is 43.9. The minimum atomic E-state index is -1.65. The normalized spacial score (nSPS) is 34.8. The molecule has 338 valence electrons. The van der Waals surface area contributed by atoms with Gasteiger partial charge in [0.2, 0.25) is 0 Å². The van der Waals surface area contributed by atoms with Crippen molar-refractivity contribution in [2.45, 2.75) is 197 Å². The van der Waals surface area contributed by atoms with Crippen molar-refractivity contribution < 1.29 is 19.7 Å². The van der Waals surface area contributed by atoms with Crippen molar-refractivity contribution in [2.24, 2.45) is 23.7 Å². The van der Waals surface area contributed by atoms with E-state index in [0.717, 1.165) is 71.6 Å². The van der Waals surface area contributed by atoms with Gasteiger partial charge in [0.25, 0.3) is 0 Å². The SMILES string of the molecule is CC1CCC(c2ccc(C3(C)OC(C(C)(O)c4cccc(C5CCC(C)CC5)c4)[C@H](C(O)(c4cccc(C5CCC(C)CC5)c4)c4cccc(C5CCC(C)CC5)c4)O3)cc2)CC1. The summed E-state index contributed by atoms with van der Waals surface area (Å²) in [6.45, 7) is 13.4. The molecule has 0 aromatic heterocycles. The fourth-order valence-corrected chi connectivity index (χ4v) is 12.7. The van der Waals surface area contributed by atoms with E-state index in [2.05, 4.69) is 125 Å². The number of benzene rings is 4. The number of aliphatic hydroxyl groups is 2. The lowest BCUT2D eigenvalue weighted by molar-refractivity contribution is -0.194. The highest BCUT2D eigenvalue weighted by Crippen LogP contribution is 2.53. The molecule has 1 aliphatic heterocycles. The van der Waals surface area contributed by atoms with Crippen molar-refractivity contribution in [1.29, 1.82) is 0 Å². The maximum absolute atomic E-state index is 14.2. The molecule has 3 unspecified atom stereocenters. The van der Waals surface area contributed by atoms with Crippen molar-refractivity contribution in [3.63, 3.8) is 0 Å². The first kappa shape index (κ1) is 44.9. The Morgan fingerprint density at radius 3 is 1.16 bits per heavy atom. The van der Waals surface area contributed by atoms with Crippen LogP contribution in [0.25, 0.3) is 0 Å². The predicted octanol–water partition coefficient (Wildman–Crippen LogP) is 14.7. The van der Waals surface area contributed by atoms with E-state index in [1.165, 1.54) is 99.3 Å². The molecular weight excluding hydrogens is 773 g/mol. The number of hydrogen-bond donors (Lipinski definition) is 2. The molecule has 4 nitrogen and oxygen atoms in total. The van der Waals surface area contributed by atoms with Crippen LogP contribution in [-0.2, 0) is 26.5 Å². The molecule has 0 amide bonds. The third kappa shape index (κ3) is 9.27. The van der Waals surface area contributed by atoms with Crippen LogP contribution in [0.15, 0.2) is 97.1 Å². The van der Waals surface area contributed by atoms with Crippen LogP contribution in [0.4, 0.5) is 0 Å². The second-order valence-corrected chi connectivity index (χ2v) is 22.3. The molecule has 5 fully saturated rings. The third-order valence-electron chi connectivity index (χ3n) is 17.5. The average Bonchev–Trinajstić information content (AvgIpc) is 3.70. The molecule has 0 radical (unpaired) electrons. The summed E-state index contributed by atoms with van der Waals surface area (Å²) in [7, 11) is 0.